The first-order valence-corrected chi connectivity index (χ1v) is 11.5. The van der Waals surface area contributed by atoms with Crippen LogP contribution in [-0.4, -0.2) is 19.7 Å². The van der Waals surface area contributed by atoms with Crippen molar-refractivity contribution in [3.63, 3.8) is 0 Å². The second-order valence-electron chi connectivity index (χ2n) is 8.60. The minimum absolute atomic E-state index is 0.0441. The molecule has 206 valence electrons. The van der Waals surface area contributed by atoms with Gasteiger partial charge in [0, 0.05) is 47.8 Å². The van der Waals surface area contributed by atoms with Crippen molar-refractivity contribution in [2.45, 2.75) is 25.2 Å². The number of hydrogen-bond acceptors (Lipinski definition) is 6. The van der Waals surface area contributed by atoms with Gasteiger partial charge in [0.05, 0.1) is 20.8 Å². The Bertz CT molecular complexity index is 1470. The van der Waals surface area contributed by atoms with E-state index >= 15 is 0 Å². The molecule has 0 N–H and O–H groups in total. The quantitative estimate of drug-likeness (QED) is 0.144. The number of pyridine rings is 2. The van der Waals surface area contributed by atoms with Crippen LogP contribution in [0.3, 0.4) is 0 Å². The van der Waals surface area contributed by atoms with Crippen LogP contribution in [0.25, 0.3) is 0 Å². The van der Waals surface area contributed by atoms with E-state index in [0.717, 1.165) is 24.3 Å². The minimum Gasteiger partial charge on any atom is -0.561 e. The fourth-order valence-electron chi connectivity index (χ4n) is 3.95. The Hall–Kier alpha value is -4.88. The molecule has 0 aliphatic carbocycles. The Morgan fingerprint density at radius 1 is 0.600 bits per heavy atom. The van der Waals surface area contributed by atoms with Crippen molar-refractivity contribution in [2.24, 2.45) is 0 Å². The maximum Gasteiger partial charge on any atom is 0.417 e. The SMILES string of the molecule is [O-]/[N+]1=[N+](\[O-])c2ccc(Oc3ccc(C(F)(F)F)cn3)cc2CCc2cc(Oc3ccc(C(F)(F)F)cn3)ccc21. The Morgan fingerprint density at radius 3 is 1.32 bits per heavy atom. The van der Waals surface area contributed by atoms with Crippen molar-refractivity contribution in [3.05, 3.63) is 106 Å². The molecule has 0 radical (unpaired) electrons. The lowest BCUT2D eigenvalue weighted by Gasteiger charge is -2.15. The molecule has 0 fully saturated rings. The predicted molar refractivity (Wildman–Crippen MR) is 125 cm³/mol. The summed E-state index contributed by atoms with van der Waals surface area (Å²) in [5, 5.41) is 25.8. The van der Waals surface area contributed by atoms with Crippen LogP contribution in [0.5, 0.6) is 23.3 Å². The molecule has 8 nitrogen and oxygen atoms in total. The molecule has 0 saturated carbocycles. The monoisotopic (exact) mass is 562 g/mol. The fraction of sp³-hybridized carbons (Fsp3) is 0.154. The molecule has 0 amide bonds. The fourth-order valence-corrected chi connectivity index (χ4v) is 3.95. The molecule has 0 spiro atoms. The van der Waals surface area contributed by atoms with Gasteiger partial charge in [0.25, 0.3) is 11.4 Å². The summed E-state index contributed by atoms with van der Waals surface area (Å²) in [6.45, 7) is 0. The lowest BCUT2D eigenvalue weighted by atomic mass is 10.0. The summed E-state index contributed by atoms with van der Waals surface area (Å²) in [6.07, 6.45) is -7.32. The van der Waals surface area contributed by atoms with Gasteiger partial charge in [-0.05, 0) is 49.2 Å². The van der Waals surface area contributed by atoms with Gasteiger partial charge in [-0.3, -0.25) is 0 Å². The van der Waals surface area contributed by atoms with E-state index in [1.165, 1.54) is 36.4 Å². The lowest BCUT2D eigenvalue weighted by Crippen LogP contribution is -2.15. The zero-order valence-corrected chi connectivity index (χ0v) is 20.0. The van der Waals surface area contributed by atoms with Gasteiger partial charge in [0.2, 0.25) is 11.8 Å². The van der Waals surface area contributed by atoms with Crippen molar-refractivity contribution in [2.75, 3.05) is 0 Å². The summed E-state index contributed by atoms with van der Waals surface area (Å²) < 4.78 is 87.7. The maximum absolute atomic E-state index is 12.9. The van der Waals surface area contributed by atoms with Gasteiger partial charge >= 0.3 is 12.4 Å². The summed E-state index contributed by atoms with van der Waals surface area (Å²) in [5.74, 6) is 0.158. The normalized spacial score (nSPS) is 15.4. The first kappa shape index (κ1) is 26.7. The van der Waals surface area contributed by atoms with Crippen molar-refractivity contribution in [3.8, 4) is 23.3 Å². The van der Waals surface area contributed by atoms with E-state index in [9.17, 15) is 36.8 Å². The molecule has 14 heteroatoms. The zero-order chi connectivity index (χ0) is 28.7. The van der Waals surface area contributed by atoms with E-state index in [1.54, 1.807) is 0 Å². The molecular formula is C26H16F6N4O4. The van der Waals surface area contributed by atoms with Gasteiger partial charge in [-0.25, -0.2) is 9.97 Å². The van der Waals surface area contributed by atoms with Crippen molar-refractivity contribution >= 4 is 11.4 Å². The molecule has 5 rings (SSSR count). The second-order valence-corrected chi connectivity index (χ2v) is 8.60. The highest BCUT2D eigenvalue weighted by molar-refractivity contribution is 5.50. The van der Waals surface area contributed by atoms with Gasteiger partial charge < -0.3 is 19.9 Å². The van der Waals surface area contributed by atoms with Gasteiger partial charge in [0.1, 0.15) is 11.5 Å². The Kier molecular flexibility index (Phi) is 6.69. The smallest absolute Gasteiger partial charge is 0.417 e. The highest BCUT2D eigenvalue weighted by Gasteiger charge is 2.32. The number of fused-ring (bicyclic) bond motifs is 2. The van der Waals surface area contributed by atoms with Crippen LogP contribution >= 0.6 is 0 Å². The van der Waals surface area contributed by atoms with Crippen molar-refractivity contribution in [1.29, 1.82) is 0 Å². The van der Waals surface area contributed by atoms with Gasteiger partial charge in [-0.15, -0.1) is 0 Å². The molecule has 3 heterocycles. The number of rotatable bonds is 4. The number of aromatic nitrogens is 2. The van der Waals surface area contributed by atoms with Crippen LogP contribution in [0.2, 0.25) is 0 Å². The molecule has 0 unspecified atom stereocenters. The maximum atomic E-state index is 12.9. The van der Waals surface area contributed by atoms with Crippen LogP contribution in [0, 0.1) is 10.4 Å². The third-order valence-electron chi connectivity index (χ3n) is 5.91. The van der Waals surface area contributed by atoms with Crippen LogP contribution in [0.1, 0.15) is 22.3 Å². The van der Waals surface area contributed by atoms with Gasteiger partial charge in [-0.1, -0.05) is 0 Å². The van der Waals surface area contributed by atoms with Gasteiger partial charge in [-0.2, -0.15) is 26.3 Å². The number of azo groups is 1. The average Bonchev–Trinajstić information content (AvgIpc) is 2.90. The average molecular weight is 562 g/mol. The number of nitrogens with zero attached hydrogens (tertiary/aromatic N) is 4. The molecule has 0 bridgehead atoms. The Morgan fingerprint density at radius 2 is 1.00 bits per heavy atom. The molecule has 0 saturated heterocycles. The molecule has 2 aromatic carbocycles. The summed E-state index contributed by atoms with van der Waals surface area (Å²) in [5.41, 5.74) is -0.952. The third-order valence-corrected chi connectivity index (χ3v) is 5.91. The molecule has 0 atom stereocenters. The molecule has 1 aliphatic rings. The second kappa shape index (κ2) is 10.0. The van der Waals surface area contributed by atoms with Crippen molar-refractivity contribution in [1.82, 2.24) is 9.97 Å². The molecule has 2 aromatic heterocycles. The third kappa shape index (κ3) is 5.60. The molecule has 1 aliphatic heterocycles. The molecule has 40 heavy (non-hydrogen) atoms. The van der Waals surface area contributed by atoms with Gasteiger partial charge in [0.15, 0.2) is 0 Å². The topological polar surface area (TPSA) is 96.4 Å². The van der Waals surface area contributed by atoms with Crippen LogP contribution in [0.4, 0.5) is 37.7 Å². The highest BCUT2D eigenvalue weighted by atomic mass is 19.4. The predicted octanol–water partition coefficient (Wildman–Crippen LogP) is 7.63. The summed E-state index contributed by atoms with van der Waals surface area (Å²) in [4.78, 5) is 7.60. The number of aryl methyl sites for hydroxylation is 2. The molecular weight excluding hydrogens is 546 g/mol. The van der Waals surface area contributed by atoms with E-state index in [2.05, 4.69) is 9.97 Å². The largest absolute Gasteiger partial charge is 0.561 e. The number of hydrogen-bond donors (Lipinski definition) is 0. The van der Waals surface area contributed by atoms with E-state index < -0.39 is 23.5 Å². The van der Waals surface area contributed by atoms with E-state index in [1.807, 2.05) is 0 Å². The van der Waals surface area contributed by atoms with Crippen LogP contribution < -0.4 is 9.47 Å². The Labute approximate surface area is 221 Å². The summed E-state index contributed by atoms with van der Waals surface area (Å²) in [7, 11) is 0. The lowest BCUT2D eigenvalue weighted by molar-refractivity contribution is -0.897. The first-order valence-electron chi connectivity index (χ1n) is 11.5. The zero-order valence-electron chi connectivity index (χ0n) is 20.0. The summed E-state index contributed by atoms with van der Waals surface area (Å²) in [6, 6.07) is 12.2. The van der Waals surface area contributed by atoms with E-state index in [0.29, 0.717) is 23.5 Å². The van der Waals surface area contributed by atoms with E-state index in [4.69, 9.17) is 9.47 Å². The highest BCUT2D eigenvalue weighted by Crippen LogP contribution is 2.36. The molecule has 4 aromatic rings. The minimum atomic E-state index is -4.55. The summed E-state index contributed by atoms with van der Waals surface area (Å²) >= 11 is 0. The van der Waals surface area contributed by atoms with Crippen molar-refractivity contribution < 1.29 is 45.5 Å². The van der Waals surface area contributed by atoms with Crippen LogP contribution in [-0.2, 0) is 25.2 Å². The Balaban J connectivity index is 1.38. The number of halogens is 6. The standard InChI is InChI=1S/C26H16F6N4O4/c27-25(28,29)17-3-9-23(33-13-17)39-19-5-7-21-15(11-19)1-2-16-12-20(6-8-22(16)36(38)35(21)37)40-24-10-4-18(14-34-24)26(30,31)32/h3-14H,1-2H2/b36-35-. The number of ether oxygens (including phenoxy) is 2. The number of benzene rings is 2. The first-order chi connectivity index (χ1) is 18.9. The van der Waals surface area contributed by atoms with E-state index in [-0.39, 0.29) is 57.2 Å². The van der Waals surface area contributed by atoms with Crippen LogP contribution in [0.15, 0.2) is 73.1 Å². The number of alkyl halides is 6.